The van der Waals surface area contributed by atoms with E-state index in [4.69, 9.17) is 9.15 Å². The largest absolute Gasteiger partial charge is 0.507 e. The predicted octanol–water partition coefficient (Wildman–Crippen LogP) is 4.65. The van der Waals surface area contributed by atoms with Crippen molar-refractivity contribution in [3.05, 3.63) is 71.0 Å². The van der Waals surface area contributed by atoms with E-state index in [0.717, 1.165) is 31.7 Å². The van der Waals surface area contributed by atoms with Crippen LogP contribution in [0.4, 0.5) is 4.39 Å². The first-order valence-corrected chi connectivity index (χ1v) is 11.8. The molecule has 4 aromatic rings. The normalized spacial score (nSPS) is 16.1. The summed E-state index contributed by atoms with van der Waals surface area (Å²) in [5.41, 5.74) is 2.13. The number of nitrogens with zero attached hydrogens (tertiary/aromatic N) is 3. The molecule has 1 unspecified atom stereocenters. The molecule has 0 saturated carbocycles. The van der Waals surface area contributed by atoms with Crippen LogP contribution in [0.1, 0.15) is 40.2 Å². The highest BCUT2D eigenvalue weighted by atomic mass is 19.1. The Bertz CT molecular complexity index is 1390. The number of hydrogen-bond acceptors (Lipinski definition) is 7. The van der Waals surface area contributed by atoms with Gasteiger partial charge in [-0.05, 0) is 56.8 Å². The number of rotatable bonds is 5. The first-order valence-electron chi connectivity index (χ1n) is 11.8. The van der Waals surface area contributed by atoms with E-state index in [2.05, 4.69) is 21.8 Å². The lowest BCUT2D eigenvalue weighted by Gasteiger charge is -2.39. The second-order valence-electron chi connectivity index (χ2n) is 8.93. The fourth-order valence-electron chi connectivity index (χ4n) is 5.07. The van der Waals surface area contributed by atoms with Crippen molar-refractivity contribution in [2.75, 3.05) is 39.8 Å². The molecule has 0 bridgehead atoms. The molecule has 5 rings (SSSR count). The van der Waals surface area contributed by atoms with Gasteiger partial charge in [0.2, 0.25) is 0 Å². The molecule has 3 heterocycles. The highest BCUT2D eigenvalue weighted by molar-refractivity contribution is 6.16. The zero-order valence-corrected chi connectivity index (χ0v) is 20.0. The molecule has 0 spiro atoms. The highest BCUT2D eigenvalue weighted by Gasteiger charge is 2.34. The van der Waals surface area contributed by atoms with Crippen molar-refractivity contribution < 1.29 is 23.4 Å². The maximum absolute atomic E-state index is 14.3. The van der Waals surface area contributed by atoms with Gasteiger partial charge in [-0.15, -0.1) is 0 Å². The molecule has 0 aliphatic carbocycles. The van der Waals surface area contributed by atoms with Gasteiger partial charge < -0.3 is 19.2 Å². The van der Waals surface area contributed by atoms with Crippen LogP contribution in [-0.2, 0) is 4.74 Å². The van der Waals surface area contributed by atoms with Crippen molar-refractivity contribution in [2.24, 2.45) is 0 Å². The van der Waals surface area contributed by atoms with Gasteiger partial charge in [-0.2, -0.15) is 0 Å². The van der Waals surface area contributed by atoms with E-state index in [1.807, 2.05) is 12.1 Å². The first kappa shape index (κ1) is 23.3. The highest BCUT2D eigenvalue weighted by Crippen LogP contribution is 2.47. The van der Waals surface area contributed by atoms with Gasteiger partial charge in [0.05, 0.1) is 12.6 Å². The number of fused-ring (bicyclic) bond motifs is 3. The van der Waals surface area contributed by atoms with Crippen molar-refractivity contribution in [1.82, 2.24) is 14.8 Å². The Hall–Kier alpha value is -3.49. The van der Waals surface area contributed by atoms with Gasteiger partial charge in [-0.25, -0.2) is 9.18 Å². The minimum absolute atomic E-state index is 0.0703. The van der Waals surface area contributed by atoms with Crippen LogP contribution in [0, 0.1) is 12.7 Å². The van der Waals surface area contributed by atoms with Crippen molar-refractivity contribution in [2.45, 2.75) is 19.9 Å². The molecule has 1 aliphatic heterocycles. The predicted molar refractivity (Wildman–Crippen MR) is 131 cm³/mol. The van der Waals surface area contributed by atoms with Gasteiger partial charge in [0.15, 0.2) is 0 Å². The second kappa shape index (κ2) is 9.28. The Morgan fingerprint density at radius 1 is 1.17 bits per heavy atom. The zero-order valence-electron chi connectivity index (χ0n) is 20.0. The molecule has 1 aliphatic rings. The number of aromatic hydroxyl groups is 1. The Morgan fingerprint density at radius 3 is 2.57 bits per heavy atom. The summed E-state index contributed by atoms with van der Waals surface area (Å²) in [5, 5.41) is 13.1. The number of halogens is 1. The molecule has 0 amide bonds. The number of esters is 1. The molecule has 2 aromatic carbocycles. The summed E-state index contributed by atoms with van der Waals surface area (Å²) in [4.78, 5) is 21.8. The quantitative estimate of drug-likeness (QED) is 0.419. The van der Waals surface area contributed by atoms with Crippen LogP contribution in [0.15, 0.2) is 47.1 Å². The number of aromatic nitrogens is 1. The van der Waals surface area contributed by atoms with Crippen LogP contribution in [0.25, 0.3) is 21.7 Å². The number of aryl methyl sites for hydroxylation is 1. The number of piperazine rings is 1. The van der Waals surface area contributed by atoms with Crippen molar-refractivity contribution in [3.63, 3.8) is 0 Å². The smallest absolute Gasteiger partial charge is 0.342 e. The Labute approximate surface area is 202 Å². The molecule has 1 N–H and O–H groups in total. The summed E-state index contributed by atoms with van der Waals surface area (Å²) in [7, 11) is 2.07. The number of phenolic OH excluding ortho intramolecular Hbond substituents is 1. The summed E-state index contributed by atoms with van der Waals surface area (Å²) in [5.74, 6) is -0.661. The number of carbonyl (C=O) groups is 1. The SMILES string of the molecule is CCOC(=O)c1c(C)oc2c1c(C(c1ccncc1)N1CCN(C)CC1)c(O)c1cc(F)ccc12. The van der Waals surface area contributed by atoms with E-state index < -0.39 is 17.8 Å². The minimum atomic E-state index is -0.516. The van der Waals surface area contributed by atoms with Crippen LogP contribution >= 0.6 is 0 Å². The van der Waals surface area contributed by atoms with Gasteiger partial charge in [-0.1, -0.05) is 0 Å². The monoisotopic (exact) mass is 477 g/mol. The standard InChI is InChI=1S/C27H28FN3O4/c1-4-34-27(33)21-16(2)35-26-19-6-5-18(28)15-20(19)25(32)23(22(21)26)24(17-7-9-29-10-8-17)31-13-11-30(3)12-14-31/h5-10,15,24,32H,4,11-14H2,1-3H3. The third kappa shape index (κ3) is 4.02. The molecule has 182 valence electrons. The molecule has 1 fully saturated rings. The summed E-state index contributed by atoms with van der Waals surface area (Å²) in [6.07, 6.45) is 3.42. The molecular formula is C27H28FN3O4. The van der Waals surface area contributed by atoms with Crippen LogP contribution in [-0.4, -0.2) is 65.7 Å². The summed E-state index contributed by atoms with van der Waals surface area (Å²) >= 11 is 0. The molecule has 1 saturated heterocycles. The number of phenols is 1. The van der Waals surface area contributed by atoms with Crippen LogP contribution in [0.5, 0.6) is 5.75 Å². The fraction of sp³-hybridized carbons (Fsp3) is 0.333. The maximum Gasteiger partial charge on any atom is 0.342 e. The third-order valence-corrected chi connectivity index (χ3v) is 6.77. The van der Waals surface area contributed by atoms with Crippen LogP contribution in [0.2, 0.25) is 0 Å². The number of pyridine rings is 1. The molecule has 8 heteroatoms. The number of benzene rings is 2. The van der Waals surface area contributed by atoms with Crippen molar-refractivity contribution in [1.29, 1.82) is 0 Å². The zero-order chi connectivity index (χ0) is 24.7. The second-order valence-corrected chi connectivity index (χ2v) is 8.93. The van der Waals surface area contributed by atoms with E-state index in [1.54, 1.807) is 32.3 Å². The van der Waals surface area contributed by atoms with Crippen molar-refractivity contribution in [3.8, 4) is 5.75 Å². The number of furan rings is 1. The maximum atomic E-state index is 14.3. The molecule has 35 heavy (non-hydrogen) atoms. The third-order valence-electron chi connectivity index (χ3n) is 6.77. The van der Waals surface area contributed by atoms with Crippen LogP contribution < -0.4 is 0 Å². The van der Waals surface area contributed by atoms with E-state index in [0.29, 0.717) is 33.1 Å². The molecule has 1 atom stereocenters. The van der Waals surface area contributed by atoms with E-state index in [1.165, 1.54) is 12.1 Å². The lowest BCUT2D eigenvalue weighted by Crippen LogP contribution is -2.46. The van der Waals surface area contributed by atoms with Gasteiger partial charge in [0.1, 0.15) is 28.5 Å². The van der Waals surface area contributed by atoms with E-state index in [9.17, 15) is 14.3 Å². The van der Waals surface area contributed by atoms with Crippen molar-refractivity contribution >= 4 is 27.7 Å². The number of carbonyl (C=O) groups excluding carboxylic acids is 1. The Kier molecular flexibility index (Phi) is 6.17. The van der Waals surface area contributed by atoms with E-state index >= 15 is 0 Å². The van der Waals surface area contributed by atoms with Gasteiger partial charge in [-0.3, -0.25) is 9.88 Å². The fourth-order valence-corrected chi connectivity index (χ4v) is 5.07. The minimum Gasteiger partial charge on any atom is -0.507 e. The van der Waals surface area contributed by atoms with Gasteiger partial charge in [0, 0.05) is 60.3 Å². The van der Waals surface area contributed by atoms with Gasteiger partial charge >= 0.3 is 5.97 Å². The molecule has 0 radical (unpaired) electrons. The van der Waals surface area contributed by atoms with Gasteiger partial charge in [0.25, 0.3) is 0 Å². The summed E-state index contributed by atoms with van der Waals surface area (Å²) < 4.78 is 25.9. The topological polar surface area (TPSA) is 79.0 Å². The van der Waals surface area contributed by atoms with E-state index in [-0.39, 0.29) is 17.9 Å². The molecular weight excluding hydrogens is 449 g/mol. The average Bonchev–Trinajstić information content (AvgIpc) is 3.20. The van der Waals surface area contributed by atoms with Crippen LogP contribution in [0.3, 0.4) is 0 Å². The summed E-state index contributed by atoms with van der Waals surface area (Å²) in [6, 6.07) is 7.60. The number of likely N-dealkylation sites (N-methyl/N-ethyl adjacent to an activating group) is 1. The molecule has 7 nitrogen and oxygen atoms in total. The Morgan fingerprint density at radius 2 is 1.89 bits per heavy atom. The lowest BCUT2D eigenvalue weighted by atomic mass is 9.89. The number of hydrogen-bond donors (Lipinski definition) is 1. The Balaban J connectivity index is 1.89. The first-order chi connectivity index (χ1) is 16.9. The molecule has 2 aromatic heterocycles. The lowest BCUT2D eigenvalue weighted by molar-refractivity contribution is 0.0526. The average molecular weight is 478 g/mol. The summed E-state index contributed by atoms with van der Waals surface area (Å²) in [6.45, 7) is 6.85. The number of ether oxygens (including phenoxy) is 1.